The zero-order valence-corrected chi connectivity index (χ0v) is 8.28. The predicted octanol–water partition coefficient (Wildman–Crippen LogP) is -0.406. The van der Waals surface area contributed by atoms with Crippen molar-refractivity contribution >= 4 is 11.9 Å². The van der Waals surface area contributed by atoms with E-state index in [0.717, 1.165) is 6.42 Å². The molecule has 14 heavy (non-hydrogen) atoms. The zero-order valence-electron chi connectivity index (χ0n) is 8.28. The van der Waals surface area contributed by atoms with Crippen LogP contribution in [0.5, 0.6) is 0 Å². The third kappa shape index (κ3) is 2.45. The van der Waals surface area contributed by atoms with E-state index in [9.17, 15) is 9.59 Å². The molecule has 1 aliphatic carbocycles. The Labute approximate surface area is 82.1 Å². The van der Waals surface area contributed by atoms with Gasteiger partial charge in [0.15, 0.2) is 6.10 Å². The maximum Gasteiger partial charge on any atom is 0.334 e. The summed E-state index contributed by atoms with van der Waals surface area (Å²) < 4.78 is 0. The second kappa shape index (κ2) is 3.57. The molecule has 1 rings (SSSR count). The summed E-state index contributed by atoms with van der Waals surface area (Å²) >= 11 is 0. The number of aliphatic hydroxyl groups excluding tert-OH is 1. The molecule has 1 amide bonds. The quantitative estimate of drug-likeness (QED) is 0.577. The zero-order chi connectivity index (χ0) is 10.9. The number of carbonyl (C=O) groups is 2. The van der Waals surface area contributed by atoms with Crippen LogP contribution in [0.3, 0.4) is 0 Å². The Morgan fingerprint density at radius 1 is 1.57 bits per heavy atom. The van der Waals surface area contributed by atoms with E-state index in [1.54, 1.807) is 0 Å². The minimum absolute atomic E-state index is 0.0261. The molecule has 0 heterocycles. The van der Waals surface area contributed by atoms with Crippen molar-refractivity contribution in [2.24, 2.45) is 11.3 Å². The third-order valence-electron chi connectivity index (χ3n) is 2.58. The lowest BCUT2D eigenvalue weighted by Crippen LogP contribution is -2.37. The van der Waals surface area contributed by atoms with E-state index in [2.05, 4.69) is 5.32 Å². The standard InChI is InChI=1S/C9H15NO4/c1-9(2)3-5(9)7(12)10-4-6(11)8(13)14/h5-6,11H,3-4H2,1-2H3,(H,10,12)(H,13,14). The molecule has 0 bridgehead atoms. The van der Waals surface area contributed by atoms with Crippen molar-refractivity contribution in [1.82, 2.24) is 5.32 Å². The summed E-state index contributed by atoms with van der Waals surface area (Å²) in [6.45, 7) is 3.73. The number of aliphatic hydroxyl groups is 1. The number of amides is 1. The van der Waals surface area contributed by atoms with Crippen LogP contribution in [-0.4, -0.2) is 34.7 Å². The second-order valence-electron chi connectivity index (χ2n) is 4.34. The molecule has 1 fully saturated rings. The molecular weight excluding hydrogens is 186 g/mol. The van der Waals surface area contributed by atoms with Crippen LogP contribution < -0.4 is 5.32 Å². The summed E-state index contributed by atoms with van der Waals surface area (Å²) in [5.41, 5.74) is 0.0261. The summed E-state index contributed by atoms with van der Waals surface area (Å²) in [5, 5.41) is 19.7. The largest absolute Gasteiger partial charge is 0.479 e. The summed E-state index contributed by atoms with van der Waals surface area (Å²) in [6.07, 6.45) is -0.692. The van der Waals surface area contributed by atoms with E-state index in [-0.39, 0.29) is 23.8 Å². The fourth-order valence-corrected chi connectivity index (χ4v) is 1.32. The first-order chi connectivity index (χ1) is 6.34. The topological polar surface area (TPSA) is 86.6 Å². The number of carboxylic acid groups (broad SMARTS) is 1. The molecule has 5 nitrogen and oxygen atoms in total. The van der Waals surface area contributed by atoms with Gasteiger partial charge in [-0.3, -0.25) is 4.79 Å². The van der Waals surface area contributed by atoms with Crippen LogP contribution in [-0.2, 0) is 9.59 Å². The molecule has 0 radical (unpaired) electrons. The summed E-state index contributed by atoms with van der Waals surface area (Å²) in [6, 6.07) is 0. The number of hydrogen-bond acceptors (Lipinski definition) is 3. The Morgan fingerprint density at radius 2 is 2.07 bits per heavy atom. The molecule has 1 saturated carbocycles. The normalized spacial score (nSPS) is 25.2. The van der Waals surface area contributed by atoms with Gasteiger partial charge in [0.1, 0.15) is 0 Å². The molecule has 0 aromatic carbocycles. The fraction of sp³-hybridized carbons (Fsp3) is 0.778. The molecule has 0 aliphatic heterocycles. The maximum atomic E-state index is 11.3. The smallest absolute Gasteiger partial charge is 0.334 e. The average molecular weight is 201 g/mol. The Hall–Kier alpha value is -1.10. The van der Waals surface area contributed by atoms with Gasteiger partial charge in [0.05, 0.1) is 6.54 Å². The molecule has 2 unspecified atom stereocenters. The number of carbonyl (C=O) groups excluding carboxylic acids is 1. The minimum atomic E-state index is -1.51. The number of rotatable bonds is 4. The van der Waals surface area contributed by atoms with Crippen LogP contribution in [0.4, 0.5) is 0 Å². The van der Waals surface area contributed by atoms with Crippen LogP contribution >= 0.6 is 0 Å². The van der Waals surface area contributed by atoms with E-state index >= 15 is 0 Å². The van der Waals surface area contributed by atoms with Gasteiger partial charge in [-0.15, -0.1) is 0 Å². The first kappa shape index (κ1) is 11.0. The third-order valence-corrected chi connectivity index (χ3v) is 2.58. The Kier molecular flexibility index (Phi) is 2.80. The Morgan fingerprint density at radius 3 is 2.43 bits per heavy atom. The lowest BCUT2D eigenvalue weighted by Gasteiger charge is -2.08. The number of nitrogens with one attached hydrogen (secondary N) is 1. The first-order valence-corrected chi connectivity index (χ1v) is 4.53. The second-order valence-corrected chi connectivity index (χ2v) is 4.34. The van der Waals surface area contributed by atoms with Crippen molar-refractivity contribution in [3.8, 4) is 0 Å². The highest BCUT2D eigenvalue weighted by molar-refractivity contribution is 5.83. The summed E-state index contributed by atoms with van der Waals surface area (Å²) in [5.74, 6) is -1.53. The molecule has 3 N–H and O–H groups in total. The highest BCUT2D eigenvalue weighted by Crippen LogP contribution is 2.51. The first-order valence-electron chi connectivity index (χ1n) is 4.53. The van der Waals surface area contributed by atoms with Crippen LogP contribution in [0, 0.1) is 11.3 Å². The lowest BCUT2D eigenvalue weighted by molar-refractivity contribution is -0.146. The van der Waals surface area contributed by atoms with Gasteiger partial charge in [0, 0.05) is 5.92 Å². The number of carboxylic acids is 1. The molecule has 2 atom stereocenters. The van der Waals surface area contributed by atoms with Crippen LogP contribution in [0.15, 0.2) is 0 Å². The predicted molar refractivity (Wildman–Crippen MR) is 48.5 cm³/mol. The van der Waals surface area contributed by atoms with E-state index in [1.165, 1.54) is 0 Å². The van der Waals surface area contributed by atoms with Crippen LogP contribution in [0.2, 0.25) is 0 Å². The van der Waals surface area contributed by atoms with Crippen molar-refractivity contribution in [2.75, 3.05) is 6.54 Å². The van der Waals surface area contributed by atoms with Gasteiger partial charge in [-0.25, -0.2) is 4.79 Å². The van der Waals surface area contributed by atoms with E-state index in [4.69, 9.17) is 10.2 Å². The highest BCUT2D eigenvalue weighted by Gasteiger charge is 2.50. The molecule has 0 saturated heterocycles. The van der Waals surface area contributed by atoms with Gasteiger partial charge in [-0.1, -0.05) is 13.8 Å². The highest BCUT2D eigenvalue weighted by atomic mass is 16.4. The van der Waals surface area contributed by atoms with Crippen molar-refractivity contribution in [2.45, 2.75) is 26.4 Å². The molecule has 80 valence electrons. The molecule has 1 aliphatic rings. The fourth-order valence-electron chi connectivity index (χ4n) is 1.32. The van der Waals surface area contributed by atoms with Gasteiger partial charge in [-0.05, 0) is 11.8 Å². The van der Waals surface area contributed by atoms with Crippen molar-refractivity contribution in [3.05, 3.63) is 0 Å². The van der Waals surface area contributed by atoms with Crippen molar-refractivity contribution in [3.63, 3.8) is 0 Å². The van der Waals surface area contributed by atoms with Crippen molar-refractivity contribution in [1.29, 1.82) is 0 Å². The molecule has 5 heteroatoms. The number of aliphatic carboxylic acids is 1. The van der Waals surface area contributed by atoms with Crippen LogP contribution in [0.1, 0.15) is 20.3 Å². The monoisotopic (exact) mass is 201 g/mol. The minimum Gasteiger partial charge on any atom is -0.479 e. The van der Waals surface area contributed by atoms with Crippen LogP contribution in [0.25, 0.3) is 0 Å². The van der Waals surface area contributed by atoms with Gasteiger partial charge in [0.2, 0.25) is 5.91 Å². The van der Waals surface area contributed by atoms with Crippen molar-refractivity contribution < 1.29 is 19.8 Å². The van der Waals surface area contributed by atoms with E-state index in [0.29, 0.717) is 0 Å². The van der Waals surface area contributed by atoms with E-state index in [1.807, 2.05) is 13.8 Å². The molecule has 0 aromatic rings. The molecule has 0 spiro atoms. The van der Waals surface area contributed by atoms with Gasteiger partial charge < -0.3 is 15.5 Å². The SMILES string of the molecule is CC1(C)CC1C(=O)NCC(O)C(=O)O. The maximum absolute atomic E-state index is 11.3. The Balaban J connectivity index is 2.26. The molecule has 0 aromatic heterocycles. The average Bonchev–Trinajstić information content (AvgIpc) is 2.70. The summed E-state index contributed by atoms with van der Waals surface area (Å²) in [7, 11) is 0. The van der Waals surface area contributed by atoms with Gasteiger partial charge in [-0.2, -0.15) is 0 Å². The number of hydrogen-bond donors (Lipinski definition) is 3. The summed E-state index contributed by atoms with van der Waals surface area (Å²) in [4.78, 5) is 21.6. The van der Waals surface area contributed by atoms with Gasteiger partial charge in [0.25, 0.3) is 0 Å². The van der Waals surface area contributed by atoms with E-state index < -0.39 is 12.1 Å². The van der Waals surface area contributed by atoms with Gasteiger partial charge >= 0.3 is 5.97 Å². The Bertz CT molecular complexity index is 262. The lowest BCUT2D eigenvalue weighted by atomic mass is 10.1. The molecular formula is C9H15NO4.